The lowest BCUT2D eigenvalue weighted by molar-refractivity contribution is -0.137. The van der Waals surface area contributed by atoms with Crippen LogP contribution >= 0.6 is 23.1 Å². The molecule has 0 atom stereocenters. The maximum atomic E-state index is 12.7. The van der Waals surface area contributed by atoms with Crippen molar-refractivity contribution in [2.24, 2.45) is 0 Å². The molecule has 0 saturated carbocycles. The van der Waals surface area contributed by atoms with E-state index < -0.39 is 11.7 Å². The Hall–Kier alpha value is -1.90. The molecule has 146 valence electrons. The molecule has 0 radical (unpaired) electrons. The Labute approximate surface area is 169 Å². The molecule has 0 fully saturated rings. The average Bonchev–Trinajstić information content (AvgIpc) is 3.15. The summed E-state index contributed by atoms with van der Waals surface area (Å²) in [6.45, 7) is 2.57. The maximum absolute atomic E-state index is 12.7. The number of thioether (sulfide) groups is 1. The highest BCUT2D eigenvalue weighted by Gasteiger charge is 2.30. The number of alkyl halides is 3. The van der Waals surface area contributed by atoms with Crippen LogP contribution in [0.3, 0.4) is 0 Å². The Kier molecular flexibility index (Phi) is 5.44. The fourth-order valence-corrected chi connectivity index (χ4v) is 4.67. The summed E-state index contributed by atoms with van der Waals surface area (Å²) in [5.74, 6) is 0. The normalized spacial score (nSPS) is 14.9. The molecule has 3 heterocycles. The second kappa shape index (κ2) is 7.85. The first kappa shape index (κ1) is 19.4. The molecule has 0 unspecified atom stereocenters. The van der Waals surface area contributed by atoms with Crippen LogP contribution in [0.25, 0.3) is 10.4 Å². The lowest BCUT2D eigenvalue weighted by Gasteiger charge is -2.27. The molecule has 1 aliphatic heterocycles. The highest BCUT2D eigenvalue weighted by atomic mass is 32.2. The summed E-state index contributed by atoms with van der Waals surface area (Å²) >= 11 is 3.17. The highest BCUT2D eigenvalue weighted by molar-refractivity contribution is 7.98. The van der Waals surface area contributed by atoms with Crippen LogP contribution in [0.1, 0.15) is 21.7 Å². The van der Waals surface area contributed by atoms with Gasteiger partial charge in [0.1, 0.15) is 0 Å². The van der Waals surface area contributed by atoms with E-state index in [1.165, 1.54) is 22.6 Å². The standard InChI is InChI=1S/C20H18F3N3S2/c1-27-19-24-10-14-11-26(9-8-17(14)25-19)12-16-6-7-18(28-16)13-2-4-15(5-3-13)20(21,22)23/h2-7,10H,8-9,11-12H2,1H3. The molecule has 28 heavy (non-hydrogen) atoms. The summed E-state index contributed by atoms with van der Waals surface area (Å²) in [4.78, 5) is 13.5. The Bertz CT molecular complexity index is 968. The van der Waals surface area contributed by atoms with E-state index in [-0.39, 0.29) is 0 Å². The van der Waals surface area contributed by atoms with Crippen molar-refractivity contribution in [1.29, 1.82) is 0 Å². The lowest BCUT2D eigenvalue weighted by Crippen LogP contribution is -2.30. The van der Waals surface area contributed by atoms with Gasteiger partial charge in [0, 0.05) is 47.6 Å². The number of benzene rings is 1. The maximum Gasteiger partial charge on any atom is 0.416 e. The average molecular weight is 422 g/mol. The van der Waals surface area contributed by atoms with Gasteiger partial charge in [-0.05, 0) is 36.1 Å². The molecule has 0 spiro atoms. The van der Waals surface area contributed by atoms with E-state index in [4.69, 9.17) is 0 Å². The quantitative estimate of drug-likeness (QED) is 0.411. The minimum Gasteiger partial charge on any atom is -0.293 e. The molecule has 0 saturated heterocycles. The molecule has 0 aliphatic carbocycles. The van der Waals surface area contributed by atoms with E-state index in [1.54, 1.807) is 23.1 Å². The van der Waals surface area contributed by atoms with Gasteiger partial charge < -0.3 is 0 Å². The molecule has 0 bridgehead atoms. The van der Waals surface area contributed by atoms with Crippen LogP contribution < -0.4 is 0 Å². The zero-order chi connectivity index (χ0) is 19.7. The van der Waals surface area contributed by atoms with Gasteiger partial charge in [0.25, 0.3) is 0 Å². The van der Waals surface area contributed by atoms with Gasteiger partial charge in [-0.15, -0.1) is 11.3 Å². The number of aromatic nitrogens is 2. The van der Waals surface area contributed by atoms with Crippen LogP contribution in [0.2, 0.25) is 0 Å². The Balaban J connectivity index is 1.44. The van der Waals surface area contributed by atoms with E-state index >= 15 is 0 Å². The van der Waals surface area contributed by atoms with Gasteiger partial charge in [-0.1, -0.05) is 23.9 Å². The molecule has 3 aromatic rings. The highest BCUT2D eigenvalue weighted by Crippen LogP contribution is 2.33. The predicted molar refractivity (Wildman–Crippen MR) is 106 cm³/mol. The van der Waals surface area contributed by atoms with Gasteiger partial charge >= 0.3 is 6.18 Å². The minimum absolute atomic E-state index is 0.619. The van der Waals surface area contributed by atoms with Gasteiger partial charge in [0.15, 0.2) is 5.16 Å². The van der Waals surface area contributed by atoms with E-state index in [2.05, 4.69) is 20.9 Å². The summed E-state index contributed by atoms with van der Waals surface area (Å²) in [6.07, 6.45) is 0.497. The van der Waals surface area contributed by atoms with Crippen molar-refractivity contribution in [3.05, 3.63) is 64.3 Å². The molecule has 1 aliphatic rings. The first-order valence-corrected chi connectivity index (χ1v) is 10.8. The number of fused-ring (bicyclic) bond motifs is 1. The van der Waals surface area contributed by atoms with Crippen LogP contribution in [0.15, 0.2) is 47.8 Å². The van der Waals surface area contributed by atoms with Gasteiger partial charge in [-0.25, -0.2) is 9.97 Å². The van der Waals surface area contributed by atoms with Crippen molar-refractivity contribution in [3.8, 4) is 10.4 Å². The summed E-state index contributed by atoms with van der Waals surface area (Å²) in [7, 11) is 0. The Morgan fingerprint density at radius 1 is 1.14 bits per heavy atom. The number of thiophene rings is 1. The van der Waals surface area contributed by atoms with Crippen molar-refractivity contribution in [1.82, 2.24) is 14.9 Å². The third-order valence-corrected chi connectivity index (χ3v) is 6.39. The van der Waals surface area contributed by atoms with Crippen molar-refractivity contribution >= 4 is 23.1 Å². The van der Waals surface area contributed by atoms with Gasteiger partial charge in [0.2, 0.25) is 0 Å². The van der Waals surface area contributed by atoms with Crippen LogP contribution in [0.4, 0.5) is 13.2 Å². The molecule has 8 heteroatoms. The van der Waals surface area contributed by atoms with E-state index in [9.17, 15) is 13.2 Å². The third-order valence-electron chi connectivity index (χ3n) is 4.71. The summed E-state index contributed by atoms with van der Waals surface area (Å²) < 4.78 is 38.2. The Morgan fingerprint density at radius 2 is 1.93 bits per heavy atom. The van der Waals surface area contributed by atoms with Gasteiger partial charge in [0.05, 0.1) is 11.3 Å². The van der Waals surface area contributed by atoms with Crippen molar-refractivity contribution in [3.63, 3.8) is 0 Å². The lowest BCUT2D eigenvalue weighted by atomic mass is 10.1. The number of halogens is 3. The smallest absolute Gasteiger partial charge is 0.293 e. The predicted octanol–water partition coefficient (Wildman–Crippen LogP) is 5.50. The van der Waals surface area contributed by atoms with Gasteiger partial charge in [-0.3, -0.25) is 4.90 Å². The summed E-state index contributed by atoms with van der Waals surface area (Å²) in [5.41, 5.74) is 2.49. The minimum atomic E-state index is -4.30. The van der Waals surface area contributed by atoms with E-state index in [1.807, 2.05) is 18.5 Å². The van der Waals surface area contributed by atoms with Crippen LogP contribution in [0.5, 0.6) is 0 Å². The molecular weight excluding hydrogens is 403 g/mol. The zero-order valence-electron chi connectivity index (χ0n) is 15.2. The van der Waals surface area contributed by atoms with Gasteiger partial charge in [-0.2, -0.15) is 13.2 Å². The van der Waals surface area contributed by atoms with E-state index in [0.717, 1.165) is 59.5 Å². The zero-order valence-corrected chi connectivity index (χ0v) is 16.8. The third kappa shape index (κ3) is 4.24. The Morgan fingerprint density at radius 3 is 2.64 bits per heavy atom. The molecular formula is C20H18F3N3S2. The first-order valence-electron chi connectivity index (χ1n) is 8.80. The topological polar surface area (TPSA) is 29.0 Å². The number of nitrogens with zero attached hydrogens (tertiary/aromatic N) is 3. The van der Waals surface area contributed by atoms with Crippen molar-refractivity contribution in [2.45, 2.75) is 30.8 Å². The van der Waals surface area contributed by atoms with Crippen molar-refractivity contribution < 1.29 is 13.2 Å². The summed E-state index contributed by atoms with van der Waals surface area (Å²) in [6, 6.07) is 9.39. The van der Waals surface area contributed by atoms with Crippen LogP contribution in [-0.2, 0) is 25.7 Å². The molecule has 3 nitrogen and oxygen atoms in total. The second-order valence-electron chi connectivity index (χ2n) is 6.63. The molecule has 0 N–H and O–H groups in total. The SMILES string of the molecule is CSc1ncc2c(n1)CCN(Cc1ccc(-c3ccc(C(F)(F)F)cc3)s1)C2. The molecule has 1 aromatic carbocycles. The van der Waals surface area contributed by atoms with E-state index in [0.29, 0.717) is 0 Å². The van der Waals surface area contributed by atoms with Crippen LogP contribution in [-0.4, -0.2) is 27.7 Å². The number of hydrogen-bond donors (Lipinski definition) is 0. The number of hydrogen-bond acceptors (Lipinski definition) is 5. The fourth-order valence-electron chi connectivity index (χ4n) is 3.25. The summed E-state index contributed by atoms with van der Waals surface area (Å²) in [5, 5.41) is 0.812. The largest absolute Gasteiger partial charge is 0.416 e. The second-order valence-corrected chi connectivity index (χ2v) is 8.57. The fraction of sp³-hybridized carbons (Fsp3) is 0.300. The number of rotatable bonds is 4. The first-order chi connectivity index (χ1) is 13.4. The van der Waals surface area contributed by atoms with Crippen molar-refractivity contribution in [2.75, 3.05) is 12.8 Å². The molecule has 0 amide bonds. The molecule has 2 aromatic heterocycles. The molecule has 4 rings (SSSR count). The van der Waals surface area contributed by atoms with Crippen LogP contribution in [0, 0.1) is 0 Å². The monoisotopic (exact) mass is 421 g/mol.